The Balaban J connectivity index is 0.915. The second-order valence-corrected chi connectivity index (χ2v) is 19.2. The van der Waals surface area contributed by atoms with Gasteiger partial charge >= 0.3 is 0 Å². The minimum absolute atomic E-state index is 0.0436. The van der Waals surface area contributed by atoms with Crippen molar-refractivity contribution in [3.63, 3.8) is 0 Å². The van der Waals surface area contributed by atoms with Gasteiger partial charge in [-0.25, -0.2) is 13.1 Å². The van der Waals surface area contributed by atoms with Gasteiger partial charge in [0.2, 0.25) is 5.91 Å². The summed E-state index contributed by atoms with van der Waals surface area (Å²) in [5.74, 6) is 0.368. The summed E-state index contributed by atoms with van der Waals surface area (Å²) in [7, 11) is -4.56. The molecule has 1 unspecified atom stereocenters. The number of anilines is 2. The number of carbonyl (C=O) groups is 2. The lowest BCUT2D eigenvalue weighted by molar-refractivity contribution is -0.384. The van der Waals surface area contributed by atoms with E-state index in [0.717, 1.165) is 79.9 Å². The summed E-state index contributed by atoms with van der Waals surface area (Å²) in [4.78, 5) is 47.5. The molecule has 0 radical (unpaired) electrons. The number of ether oxygens (including phenoxy) is 2. The minimum Gasteiger partial charge on any atom is -0.455 e. The van der Waals surface area contributed by atoms with Crippen LogP contribution in [-0.4, -0.2) is 74.4 Å². The average Bonchev–Trinajstić information content (AvgIpc) is 3.98. The first-order valence-electron chi connectivity index (χ1n) is 21.4. The lowest BCUT2D eigenvalue weighted by Gasteiger charge is -2.56. The number of nitro groups is 1. The monoisotopic (exact) mass is 880 g/mol. The van der Waals surface area contributed by atoms with Crippen LogP contribution in [0.15, 0.2) is 83.9 Å². The Hall–Kier alpha value is -5.51. The number of rotatable bonds is 13. The summed E-state index contributed by atoms with van der Waals surface area (Å²) >= 11 is 6.24. The predicted octanol–water partition coefficient (Wildman–Crippen LogP) is 8.32. The molecular weight excluding hydrogens is 832 g/mol. The van der Waals surface area contributed by atoms with E-state index in [1.165, 1.54) is 18.2 Å². The van der Waals surface area contributed by atoms with Gasteiger partial charge < -0.3 is 24.6 Å². The van der Waals surface area contributed by atoms with Gasteiger partial charge in [0.15, 0.2) is 0 Å². The van der Waals surface area contributed by atoms with Crippen molar-refractivity contribution in [1.82, 2.24) is 14.6 Å². The maximum absolute atomic E-state index is 13.9. The molecular formula is C46H49ClN6O8S. The molecule has 1 saturated carbocycles. The molecule has 4 fully saturated rings. The van der Waals surface area contributed by atoms with E-state index in [0.29, 0.717) is 62.5 Å². The number of likely N-dealkylation sites (tertiary alicyclic amines) is 1. The highest BCUT2D eigenvalue weighted by atomic mass is 35.5. The number of nitrogens with zero attached hydrogens (tertiary/aromatic N) is 4. The maximum Gasteiger partial charge on any atom is 0.293 e. The molecule has 2 N–H and O–H groups in total. The van der Waals surface area contributed by atoms with Crippen molar-refractivity contribution in [3.8, 4) is 11.5 Å². The molecule has 3 aliphatic heterocycles. The number of halogens is 1. The quantitative estimate of drug-likeness (QED) is 0.0751. The predicted molar refractivity (Wildman–Crippen MR) is 235 cm³/mol. The fourth-order valence-corrected chi connectivity index (χ4v) is 11.0. The Bertz CT molecular complexity index is 2510. The van der Waals surface area contributed by atoms with E-state index >= 15 is 0 Å². The Morgan fingerprint density at radius 1 is 0.984 bits per heavy atom. The van der Waals surface area contributed by atoms with E-state index in [9.17, 15) is 28.1 Å². The van der Waals surface area contributed by atoms with Crippen LogP contribution in [0.1, 0.15) is 84.6 Å². The SMILES string of the molecule is O=C(NS(=O)(=O)c1ccc(NCC2CCOCC2)c([N+](=O)[O-])c1)c1ccc(N2CCC(CN3C(=O)C4(CCCC4)C3c3ccc(Cl)cc3)CC2)cc1Oc1cnc2c(c1)C=CC2. The number of aromatic nitrogens is 1. The third-order valence-corrected chi connectivity index (χ3v) is 14.9. The molecule has 2 aliphatic carbocycles. The molecule has 4 heterocycles. The van der Waals surface area contributed by atoms with Crippen molar-refractivity contribution < 1.29 is 32.4 Å². The van der Waals surface area contributed by atoms with Crippen LogP contribution < -0.4 is 19.7 Å². The molecule has 9 rings (SSSR count). The topological polar surface area (TPSA) is 173 Å². The molecule has 62 heavy (non-hydrogen) atoms. The molecule has 14 nitrogen and oxygen atoms in total. The van der Waals surface area contributed by atoms with Gasteiger partial charge in [-0.2, -0.15) is 0 Å². The summed E-state index contributed by atoms with van der Waals surface area (Å²) in [6, 6.07) is 18.4. The summed E-state index contributed by atoms with van der Waals surface area (Å²) in [6.07, 6.45) is 13.5. The number of nitro benzene ring substituents is 1. The van der Waals surface area contributed by atoms with Crippen LogP contribution in [0.3, 0.4) is 0 Å². The first-order chi connectivity index (χ1) is 30.0. The van der Waals surface area contributed by atoms with Crippen molar-refractivity contribution >= 4 is 56.6 Å². The Morgan fingerprint density at radius 3 is 2.48 bits per heavy atom. The molecule has 3 saturated heterocycles. The highest BCUT2D eigenvalue weighted by molar-refractivity contribution is 7.90. The summed E-state index contributed by atoms with van der Waals surface area (Å²) in [5.41, 5.74) is 3.13. The number of carbonyl (C=O) groups excluding carboxylic acids is 2. The zero-order chi connectivity index (χ0) is 43.0. The number of allylic oxidation sites excluding steroid dienone is 1. The van der Waals surface area contributed by atoms with Crippen LogP contribution in [0.4, 0.5) is 17.1 Å². The Kier molecular flexibility index (Phi) is 11.7. The highest BCUT2D eigenvalue weighted by Gasteiger charge is 2.61. The average molecular weight is 881 g/mol. The number of fused-ring (bicyclic) bond motifs is 1. The van der Waals surface area contributed by atoms with Gasteiger partial charge in [-0.05, 0) is 104 Å². The maximum atomic E-state index is 13.9. The molecule has 1 aromatic heterocycles. The minimum atomic E-state index is -4.56. The molecule has 16 heteroatoms. The lowest BCUT2D eigenvalue weighted by Crippen LogP contribution is -2.63. The normalized spacial score (nSPS) is 20.0. The Labute approximate surface area is 365 Å². The van der Waals surface area contributed by atoms with Gasteiger partial charge in [-0.3, -0.25) is 24.7 Å². The number of piperidine rings is 1. The highest BCUT2D eigenvalue weighted by Crippen LogP contribution is 2.59. The third kappa shape index (κ3) is 8.37. The second kappa shape index (κ2) is 17.3. The standard InChI is InChI=1S/C46H49ClN6O8S/c47-34-8-6-32(7-9-34)43-46(18-1-2-19-46)45(55)52(43)29-31-14-20-51(21-15-31)35-10-12-38(42(25-35)61-36-24-33-4-3-5-39(33)49-28-36)44(54)50-62(58,59)37-11-13-40(41(26-37)53(56)57)48-27-30-16-22-60-23-17-30/h3-4,6-13,24-26,28,30-31,43,48H,1-2,5,14-23,27,29H2,(H,50,54). The fraction of sp³-hybridized carbons (Fsp3) is 0.413. The van der Waals surface area contributed by atoms with Crippen LogP contribution in [0.2, 0.25) is 5.02 Å². The number of benzene rings is 3. The number of nitrogens with one attached hydrogen (secondary N) is 2. The number of β-lactam (4-membered cyclic amide) rings is 1. The molecule has 0 bridgehead atoms. The molecule has 5 aliphatic rings. The second-order valence-electron chi connectivity index (χ2n) is 17.1. The third-order valence-electron chi connectivity index (χ3n) is 13.3. The smallest absolute Gasteiger partial charge is 0.293 e. The van der Waals surface area contributed by atoms with Gasteiger partial charge in [0.05, 0.1) is 38.7 Å². The van der Waals surface area contributed by atoms with Gasteiger partial charge in [-0.1, -0.05) is 48.7 Å². The van der Waals surface area contributed by atoms with Gasteiger partial charge in [-0.15, -0.1) is 0 Å². The zero-order valence-electron chi connectivity index (χ0n) is 34.3. The van der Waals surface area contributed by atoms with E-state index in [2.05, 4.69) is 37.0 Å². The molecule has 1 atom stereocenters. The van der Waals surface area contributed by atoms with Crippen molar-refractivity contribution in [1.29, 1.82) is 0 Å². The van der Waals surface area contributed by atoms with Crippen LogP contribution in [-0.2, 0) is 26.0 Å². The van der Waals surface area contributed by atoms with Crippen LogP contribution >= 0.6 is 11.6 Å². The number of pyridine rings is 1. The van der Waals surface area contributed by atoms with Gasteiger partial charge in [0.1, 0.15) is 17.2 Å². The number of hydrogen-bond donors (Lipinski definition) is 2. The van der Waals surface area contributed by atoms with E-state index in [-0.39, 0.29) is 40.3 Å². The molecule has 3 aromatic carbocycles. The van der Waals surface area contributed by atoms with E-state index in [1.54, 1.807) is 18.3 Å². The fourth-order valence-electron chi connectivity index (χ4n) is 9.91. The molecule has 2 amide bonds. The van der Waals surface area contributed by atoms with E-state index in [1.807, 2.05) is 30.4 Å². The van der Waals surface area contributed by atoms with Gasteiger partial charge in [0.25, 0.3) is 21.6 Å². The van der Waals surface area contributed by atoms with Crippen LogP contribution in [0, 0.1) is 27.4 Å². The van der Waals surface area contributed by atoms with Crippen LogP contribution in [0.5, 0.6) is 11.5 Å². The number of sulfonamides is 1. The van der Waals surface area contributed by atoms with Crippen molar-refractivity contribution in [2.24, 2.45) is 17.3 Å². The molecule has 1 spiro atoms. The summed E-state index contributed by atoms with van der Waals surface area (Å²) in [6.45, 7) is 3.81. The van der Waals surface area contributed by atoms with E-state index < -0.39 is 31.4 Å². The number of amides is 2. The van der Waals surface area contributed by atoms with Crippen LogP contribution in [0.25, 0.3) is 6.08 Å². The molecule has 324 valence electrons. The van der Waals surface area contributed by atoms with Crippen molar-refractivity contribution in [2.75, 3.05) is 49.6 Å². The summed E-state index contributed by atoms with van der Waals surface area (Å²) in [5, 5.41) is 15.9. The zero-order valence-corrected chi connectivity index (χ0v) is 35.8. The molecule has 4 aromatic rings. The summed E-state index contributed by atoms with van der Waals surface area (Å²) < 4.78 is 41.2. The van der Waals surface area contributed by atoms with E-state index in [4.69, 9.17) is 21.1 Å². The number of hydrogen-bond acceptors (Lipinski definition) is 11. The van der Waals surface area contributed by atoms with Gasteiger partial charge in [0, 0.05) is 68.7 Å². The largest absolute Gasteiger partial charge is 0.455 e. The van der Waals surface area contributed by atoms with Crippen molar-refractivity contribution in [3.05, 3.63) is 117 Å². The Morgan fingerprint density at radius 2 is 1.74 bits per heavy atom. The first kappa shape index (κ1) is 41.8. The van der Waals surface area contributed by atoms with Crippen molar-refractivity contribution in [2.45, 2.75) is 68.7 Å². The first-order valence-corrected chi connectivity index (χ1v) is 23.3. The lowest BCUT2D eigenvalue weighted by atomic mass is 9.66.